The maximum Gasteiger partial charge on any atom is 0.330 e. The zero-order valence-corrected chi connectivity index (χ0v) is 19.9. The van der Waals surface area contributed by atoms with Gasteiger partial charge in [-0.2, -0.15) is 9.57 Å². The molecule has 182 valence electrons. The van der Waals surface area contributed by atoms with Gasteiger partial charge in [-0.15, -0.1) is 0 Å². The fourth-order valence-corrected chi connectivity index (χ4v) is 4.79. The summed E-state index contributed by atoms with van der Waals surface area (Å²) in [6.07, 6.45) is 0. The molecule has 0 bridgehead atoms. The molecular weight excluding hydrogens is 472 g/mol. The van der Waals surface area contributed by atoms with E-state index in [1.54, 1.807) is 31.2 Å². The number of aromatic amines is 1. The first kappa shape index (κ1) is 25.4. The number of hydrogen-bond acceptors (Lipinski definition) is 7. The summed E-state index contributed by atoms with van der Waals surface area (Å²) in [4.78, 5) is 41.2. The van der Waals surface area contributed by atoms with Crippen molar-refractivity contribution in [1.29, 1.82) is 5.26 Å². The number of nitrogens with zero attached hydrogens (tertiary/aromatic N) is 4. The average Bonchev–Trinajstić information content (AvgIpc) is 2.84. The SMILES string of the molecule is CCN(C(=O)CN(C)S(=O)(=O)c1ccccc1C#N)c1c(N)n(Cc2ccccc2)c(=O)[nH]c1=O. The molecule has 1 amide bonds. The monoisotopic (exact) mass is 496 g/mol. The highest BCUT2D eigenvalue weighted by molar-refractivity contribution is 7.89. The number of nitrogen functional groups attached to an aromatic ring is 1. The number of carbonyl (C=O) groups is 1. The Hall–Kier alpha value is -4.21. The minimum absolute atomic E-state index is 0.0156. The summed E-state index contributed by atoms with van der Waals surface area (Å²) in [5.74, 6) is -0.965. The van der Waals surface area contributed by atoms with E-state index in [1.165, 1.54) is 31.3 Å². The van der Waals surface area contributed by atoms with Crippen molar-refractivity contribution in [3.63, 3.8) is 0 Å². The van der Waals surface area contributed by atoms with Crippen molar-refractivity contribution in [1.82, 2.24) is 13.9 Å². The number of nitrogens with two attached hydrogens (primary N) is 1. The lowest BCUT2D eigenvalue weighted by atomic mass is 10.2. The zero-order valence-electron chi connectivity index (χ0n) is 19.1. The Labute approximate surface area is 201 Å². The maximum atomic E-state index is 13.1. The molecule has 3 aromatic rings. The lowest BCUT2D eigenvalue weighted by Gasteiger charge is -2.25. The van der Waals surface area contributed by atoms with Gasteiger partial charge in [-0.05, 0) is 24.6 Å². The summed E-state index contributed by atoms with van der Waals surface area (Å²) in [6.45, 7) is 0.994. The van der Waals surface area contributed by atoms with Gasteiger partial charge >= 0.3 is 5.69 Å². The number of aromatic nitrogens is 2. The Morgan fingerprint density at radius 3 is 2.37 bits per heavy atom. The topological polar surface area (TPSA) is 162 Å². The minimum Gasteiger partial charge on any atom is -0.383 e. The number of nitrogens with one attached hydrogen (secondary N) is 1. The van der Waals surface area contributed by atoms with Gasteiger partial charge in [-0.1, -0.05) is 42.5 Å². The molecule has 12 heteroatoms. The van der Waals surface area contributed by atoms with Crippen LogP contribution in [0, 0.1) is 11.3 Å². The predicted molar refractivity (Wildman–Crippen MR) is 130 cm³/mol. The van der Waals surface area contributed by atoms with Crippen LogP contribution in [-0.2, 0) is 21.4 Å². The van der Waals surface area contributed by atoms with E-state index in [2.05, 4.69) is 4.98 Å². The van der Waals surface area contributed by atoms with Gasteiger partial charge in [-0.25, -0.2) is 13.2 Å². The van der Waals surface area contributed by atoms with Crippen LogP contribution in [0.5, 0.6) is 0 Å². The summed E-state index contributed by atoms with van der Waals surface area (Å²) >= 11 is 0. The molecule has 0 aliphatic carbocycles. The van der Waals surface area contributed by atoms with Gasteiger partial charge in [0.15, 0.2) is 5.69 Å². The smallest absolute Gasteiger partial charge is 0.330 e. The number of H-pyrrole nitrogens is 1. The van der Waals surface area contributed by atoms with Crippen molar-refractivity contribution >= 4 is 27.4 Å². The van der Waals surface area contributed by atoms with Gasteiger partial charge < -0.3 is 10.6 Å². The van der Waals surface area contributed by atoms with Crippen LogP contribution < -0.4 is 21.9 Å². The molecule has 0 unspecified atom stereocenters. The van der Waals surface area contributed by atoms with Crippen molar-refractivity contribution in [3.05, 3.63) is 86.6 Å². The van der Waals surface area contributed by atoms with Gasteiger partial charge in [0.2, 0.25) is 15.9 Å². The van der Waals surface area contributed by atoms with Gasteiger partial charge in [-0.3, -0.25) is 19.1 Å². The van der Waals surface area contributed by atoms with Crippen LogP contribution in [0.15, 0.2) is 69.1 Å². The van der Waals surface area contributed by atoms with Crippen LogP contribution in [0.1, 0.15) is 18.1 Å². The Kier molecular flexibility index (Phi) is 7.53. The summed E-state index contributed by atoms with van der Waals surface area (Å²) in [5, 5.41) is 9.25. The molecule has 11 nitrogen and oxygen atoms in total. The van der Waals surface area contributed by atoms with Crippen LogP contribution in [0.4, 0.5) is 11.5 Å². The quantitative estimate of drug-likeness (QED) is 0.464. The van der Waals surface area contributed by atoms with Crippen LogP contribution in [0.2, 0.25) is 0 Å². The molecule has 0 atom stereocenters. The van der Waals surface area contributed by atoms with E-state index >= 15 is 0 Å². The summed E-state index contributed by atoms with van der Waals surface area (Å²) < 4.78 is 27.9. The number of amides is 1. The second-order valence-corrected chi connectivity index (χ2v) is 9.59. The highest BCUT2D eigenvalue weighted by Gasteiger charge is 2.29. The van der Waals surface area contributed by atoms with Gasteiger partial charge in [0.05, 0.1) is 23.5 Å². The predicted octanol–water partition coefficient (Wildman–Crippen LogP) is 0.712. The maximum absolute atomic E-state index is 13.1. The molecule has 35 heavy (non-hydrogen) atoms. The van der Waals surface area contributed by atoms with E-state index in [0.29, 0.717) is 0 Å². The van der Waals surface area contributed by atoms with E-state index in [1.807, 2.05) is 12.1 Å². The van der Waals surface area contributed by atoms with E-state index < -0.39 is 33.7 Å². The van der Waals surface area contributed by atoms with E-state index in [-0.39, 0.29) is 35.1 Å². The molecule has 0 aliphatic rings. The standard InChI is InChI=1S/C23H24N6O5S/c1-3-28(19(30)15-27(2)35(33,34)18-12-8-7-11-17(18)13-24)20-21(25)29(23(32)26-22(20)31)14-16-9-5-4-6-10-16/h4-12H,3,14-15,25H2,1-2H3,(H,26,31,32). The molecule has 2 aromatic carbocycles. The number of carbonyl (C=O) groups excluding carboxylic acids is 1. The summed E-state index contributed by atoms with van der Waals surface area (Å²) in [5.41, 5.74) is 5.00. The molecule has 0 saturated carbocycles. The number of anilines is 2. The molecule has 0 saturated heterocycles. The molecule has 3 N–H and O–H groups in total. The van der Waals surface area contributed by atoms with Gasteiger partial charge in [0.1, 0.15) is 11.9 Å². The minimum atomic E-state index is -4.19. The molecule has 0 radical (unpaired) electrons. The second-order valence-electron chi connectivity index (χ2n) is 7.57. The molecule has 0 aliphatic heterocycles. The van der Waals surface area contributed by atoms with Crippen LogP contribution in [0.25, 0.3) is 0 Å². The third kappa shape index (κ3) is 5.16. The van der Waals surface area contributed by atoms with E-state index in [0.717, 1.165) is 19.3 Å². The summed E-state index contributed by atoms with van der Waals surface area (Å²) in [7, 11) is -2.99. The highest BCUT2D eigenvalue weighted by atomic mass is 32.2. The lowest BCUT2D eigenvalue weighted by molar-refractivity contribution is -0.118. The Morgan fingerprint density at radius 1 is 1.11 bits per heavy atom. The Bertz CT molecular complexity index is 1510. The molecule has 0 spiro atoms. The Morgan fingerprint density at radius 2 is 1.74 bits per heavy atom. The average molecular weight is 497 g/mol. The van der Waals surface area contributed by atoms with Crippen LogP contribution in [0.3, 0.4) is 0 Å². The Balaban J connectivity index is 1.96. The van der Waals surface area contributed by atoms with Crippen molar-refractivity contribution in [3.8, 4) is 6.07 Å². The van der Waals surface area contributed by atoms with Crippen LogP contribution in [-0.4, -0.2) is 48.3 Å². The third-order valence-corrected chi connectivity index (χ3v) is 7.20. The molecule has 0 fully saturated rings. The first-order chi connectivity index (χ1) is 16.6. The van der Waals surface area contributed by atoms with Gasteiger partial charge in [0.25, 0.3) is 5.56 Å². The largest absolute Gasteiger partial charge is 0.383 e. The first-order valence-corrected chi connectivity index (χ1v) is 12.0. The molecule has 1 aromatic heterocycles. The number of rotatable bonds is 8. The fraction of sp³-hybridized carbons (Fsp3) is 0.217. The first-order valence-electron chi connectivity index (χ1n) is 10.5. The van der Waals surface area contributed by atoms with Gasteiger partial charge in [0, 0.05) is 13.6 Å². The molecule has 3 rings (SSSR count). The van der Waals surface area contributed by atoms with Crippen LogP contribution >= 0.6 is 0 Å². The van der Waals surface area contributed by atoms with Crippen molar-refractivity contribution in [2.45, 2.75) is 18.4 Å². The van der Waals surface area contributed by atoms with E-state index in [9.17, 15) is 28.1 Å². The van der Waals surface area contributed by atoms with Crippen molar-refractivity contribution in [2.75, 3.05) is 30.8 Å². The number of sulfonamides is 1. The zero-order chi connectivity index (χ0) is 25.8. The number of likely N-dealkylation sites (N-methyl/N-ethyl adjacent to an activating group) is 2. The number of hydrogen-bond donors (Lipinski definition) is 2. The lowest BCUT2D eigenvalue weighted by Crippen LogP contribution is -2.45. The molecule has 1 heterocycles. The number of nitriles is 1. The van der Waals surface area contributed by atoms with Crippen molar-refractivity contribution in [2.24, 2.45) is 0 Å². The summed E-state index contributed by atoms with van der Waals surface area (Å²) in [6, 6.07) is 16.4. The second kappa shape index (κ2) is 10.4. The van der Waals surface area contributed by atoms with Crippen molar-refractivity contribution < 1.29 is 13.2 Å². The number of benzene rings is 2. The normalized spacial score (nSPS) is 11.3. The molecular formula is C23H24N6O5S. The fourth-order valence-electron chi connectivity index (χ4n) is 3.53. The third-order valence-electron chi connectivity index (χ3n) is 5.34. The highest BCUT2D eigenvalue weighted by Crippen LogP contribution is 2.21. The van der Waals surface area contributed by atoms with E-state index in [4.69, 9.17) is 5.73 Å².